The van der Waals surface area contributed by atoms with Gasteiger partial charge in [-0.3, -0.25) is 4.79 Å². The zero-order chi connectivity index (χ0) is 14.4. The highest BCUT2D eigenvalue weighted by molar-refractivity contribution is 6.00. The summed E-state index contributed by atoms with van der Waals surface area (Å²) >= 11 is 0. The highest BCUT2D eigenvalue weighted by Gasteiger charge is 2.12. The maximum atomic E-state index is 12.3. The van der Waals surface area contributed by atoms with E-state index < -0.39 is 0 Å². The van der Waals surface area contributed by atoms with E-state index in [4.69, 9.17) is 4.42 Å². The lowest BCUT2D eigenvalue weighted by atomic mass is 10.1. The van der Waals surface area contributed by atoms with Crippen LogP contribution in [0.25, 0.3) is 33.3 Å². The number of hydrogen-bond donors (Lipinski definition) is 1. The SMILES string of the molecule is Cc1nc2c(ccc3c(=O)cc(-c4ccccc4)oc32)[nH]1. The molecule has 102 valence electrons. The van der Waals surface area contributed by atoms with E-state index in [2.05, 4.69) is 9.97 Å². The molecule has 4 nitrogen and oxygen atoms in total. The number of benzene rings is 2. The molecule has 2 heterocycles. The second-order valence-electron chi connectivity index (χ2n) is 5.00. The first-order valence-corrected chi connectivity index (χ1v) is 6.71. The summed E-state index contributed by atoms with van der Waals surface area (Å²) in [5.41, 5.74) is 2.91. The molecule has 4 aromatic rings. The first kappa shape index (κ1) is 11.9. The van der Waals surface area contributed by atoms with E-state index in [-0.39, 0.29) is 5.43 Å². The molecule has 4 rings (SSSR count). The summed E-state index contributed by atoms with van der Waals surface area (Å²) in [4.78, 5) is 19.9. The van der Waals surface area contributed by atoms with Crippen molar-refractivity contribution in [2.45, 2.75) is 6.92 Å². The Balaban J connectivity index is 2.12. The molecule has 0 bridgehead atoms. The smallest absolute Gasteiger partial charge is 0.193 e. The Kier molecular flexibility index (Phi) is 2.44. The summed E-state index contributed by atoms with van der Waals surface area (Å²) in [5, 5.41) is 0.550. The topological polar surface area (TPSA) is 58.9 Å². The van der Waals surface area contributed by atoms with Crippen LogP contribution in [0.3, 0.4) is 0 Å². The molecular formula is C17H12N2O2. The number of H-pyrrole nitrogens is 1. The Morgan fingerprint density at radius 1 is 1.10 bits per heavy atom. The van der Waals surface area contributed by atoms with Gasteiger partial charge in [0, 0.05) is 11.6 Å². The van der Waals surface area contributed by atoms with Gasteiger partial charge in [0.25, 0.3) is 0 Å². The number of fused-ring (bicyclic) bond motifs is 3. The molecule has 2 aromatic heterocycles. The second-order valence-corrected chi connectivity index (χ2v) is 5.00. The van der Waals surface area contributed by atoms with Gasteiger partial charge < -0.3 is 9.40 Å². The third-order valence-electron chi connectivity index (χ3n) is 3.52. The average molecular weight is 276 g/mol. The molecule has 0 radical (unpaired) electrons. The first-order valence-electron chi connectivity index (χ1n) is 6.71. The van der Waals surface area contributed by atoms with Crippen LogP contribution in [0.15, 0.2) is 57.7 Å². The van der Waals surface area contributed by atoms with Gasteiger partial charge in [0.15, 0.2) is 11.0 Å². The van der Waals surface area contributed by atoms with Crippen LogP contribution in [-0.4, -0.2) is 9.97 Å². The van der Waals surface area contributed by atoms with E-state index in [1.165, 1.54) is 6.07 Å². The fraction of sp³-hybridized carbons (Fsp3) is 0.0588. The molecule has 0 amide bonds. The molecule has 0 unspecified atom stereocenters. The maximum absolute atomic E-state index is 12.3. The number of aromatic amines is 1. The van der Waals surface area contributed by atoms with Gasteiger partial charge in [-0.15, -0.1) is 0 Å². The van der Waals surface area contributed by atoms with Gasteiger partial charge in [0.1, 0.15) is 17.1 Å². The van der Waals surface area contributed by atoms with Crippen molar-refractivity contribution >= 4 is 22.0 Å². The fourth-order valence-corrected chi connectivity index (χ4v) is 2.55. The van der Waals surface area contributed by atoms with Crippen molar-refractivity contribution in [2.75, 3.05) is 0 Å². The van der Waals surface area contributed by atoms with Gasteiger partial charge in [0.2, 0.25) is 0 Å². The van der Waals surface area contributed by atoms with Crippen molar-refractivity contribution in [1.29, 1.82) is 0 Å². The number of rotatable bonds is 1. The summed E-state index contributed by atoms with van der Waals surface area (Å²) < 4.78 is 5.97. The van der Waals surface area contributed by atoms with Gasteiger partial charge in [-0.1, -0.05) is 30.3 Å². The van der Waals surface area contributed by atoms with Gasteiger partial charge in [-0.2, -0.15) is 0 Å². The lowest BCUT2D eigenvalue weighted by Gasteiger charge is -2.03. The van der Waals surface area contributed by atoms with Crippen molar-refractivity contribution in [3.63, 3.8) is 0 Å². The molecule has 0 saturated carbocycles. The summed E-state index contributed by atoms with van der Waals surface area (Å²) in [5.74, 6) is 1.35. The zero-order valence-corrected chi connectivity index (χ0v) is 11.4. The van der Waals surface area contributed by atoms with Crippen molar-refractivity contribution in [3.05, 3.63) is 64.6 Å². The molecule has 2 aromatic carbocycles. The summed E-state index contributed by atoms with van der Waals surface area (Å²) in [6.45, 7) is 1.88. The van der Waals surface area contributed by atoms with Gasteiger partial charge in [-0.25, -0.2) is 4.98 Å². The Labute approximate surface area is 120 Å². The largest absolute Gasteiger partial charge is 0.453 e. The summed E-state index contributed by atoms with van der Waals surface area (Å²) in [6.07, 6.45) is 0. The van der Waals surface area contributed by atoms with Crippen LogP contribution in [0.4, 0.5) is 0 Å². The third kappa shape index (κ3) is 1.84. The van der Waals surface area contributed by atoms with Crippen molar-refractivity contribution in [1.82, 2.24) is 9.97 Å². The quantitative estimate of drug-likeness (QED) is 0.577. The average Bonchev–Trinajstić information content (AvgIpc) is 2.89. The molecule has 1 N–H and O–H groups in total. The van der Waals surface area contributed by atoms with Gasteiger partial charge in [0.05, 0.1) is 10.9 Å². The summed E-state index contributed by atoms with van der Waals surface area (Å²) in [6, 6.07) is 14.8. The number of nitrogens with zero attached hydrogens (tertiary/aromatic N) is 1. The van der Waals surface area contributed by atoms with Gasteiger partial charge in [-0.05, 0) is 19.1 Å². The minimum Gasteiger partial charge on any atom is -0.453 e. The third-order valence-corrected chi connectivity index (χ3v) is 3.52. The number of hydrogen-bond acceptors (Lipinski definition) is 3. The molecule has 0 fully saturated rings. The minimum absolute atomic E-state index is 0.0577. The lowest BCUT2D eigenvalue weighted by molar-refractivity contribution is 0.621. The molecule has 0 spiro atoms. The highest BCUT2D eigenvalue weighted by atomic mass is 16.3. The molecule has 0 saturated heterocycles. The number of nitrogens with one attached hydrogen (secondary N) is 1. The van der Waals surface area contributed by atoms with Crippen LogP contribution in [0, 0.1) is 6.92 Å². The number of imidazole rings is 1. The predicted molar refractivity (Wildman–Crippen MR) is 82.3 cm³/mol. The van der Waals surface area contributed by atoms with Crippen LogP contribution in [0.5, 0.6) is 0 Å². The van der Waals surface area contributed by atoms with E-state index in [1.807, 2.05) is 43.3 Å². The van der Waals surface area contributed by atoms with Crippen molar-refractivity contribution in [3.8, 4) is 11.3 Å². The van der Waals surface area contributed by atoms with Crippen LogP contribution < -0.4 is 5.43 Å². The van der Waals surface area contributed by atoms with E-state index >= 15 is 0 Å². The fourth-order valence-electron chi connectivity index (χ4n) is 2.55. The van der Waals surface area contributed by atoms with Crippen LogP contribution in [0.2, 0.25) is 0 Å². The van der Waals surface area contributed by atoms with Crippen LogP contribution in [-0.2, 0) is 0 Å². The maximum Gasteiger partial charge on any atom is 0.193 e. The van der Waals surface area contributed by atoms with E-state index in [1.54, 1.807) is 6.07 Å². The van der Waals surface area contributed by atoms with Crippen molar-refractivity contribution in [2.24, 2.45) is 0 Å². The van der Waals surface area contributed by atoms with E-state index in [9.17, 15) is 4.79 Å². The second kappa shape index (κ2) is 4.31. The Morgan fingerprint density at radius 3 is 2.71 bits per heavy atom. The molecule has 0 aliphatic carbocycles. The summed E-state index contributed by atoms with van der Waals surface area (Å²) in [7, 11) is 0. The Bertz CT molecular complexity index is 1010. The number of aromatic nitrogens is 2. The number of aryl methyl sites for hydroxylation is 1. The van der Waals surface area contributed by atoms with Crippen LogP contribution >= 0.6 is 0 Å². The van der Waals surface area contributed by atoms with Gasteiger partial charge >= 0.3 is 0 Å². The molecule has 0 aliphatic rings. The van der Waals surface area contributed by atoms with E-state index in [0.29, 0.717) is 22.2 Å². The molecule has 0 atom stereocenters. The zero-order valence-electron chi connectivity index (χ0n) is 11.4. The Morgan fingerprint density at radius 2 is 1.90 bits per heavy atom. The standard InChI is InChI=1S/C17H12N2O2/c1-10-18-13-8-7-12-14(20)9-15(11-5-3-2-4-6-11)21-17(12)16(13)19-10/h2-9H,1H3,(H,18,19). The molecule has 0 aliphatic heterocycles. The normalized spacial score (nSPS) is 11.3. The molecular weight excluding hydrogens is 264 g/mol. The monoisotopic (exact) mass is 276 g/mol. The van der Waals surface area contributed by atoms with Crippen LogP contribution in [0.1, 0.15) is 5.82 Å². The molecule has 21 heavy (non-hydrogen) atoms. The molecule has 4 heteroatoms. The first-order chi connectivity index (χ1) is 10.2. The lowest BCUT2D eigenvalue weighted by Crippen LogP contribution is -2.00. The van der Waals surface area contributed by atoms with E-state index in [0.717, 1.165) is 16.9 Å². The Hall–Kier alpha value is -2.88. The van der Waals surface area contributed by atoms with Crippen molar-refractivity contribution < 1.29 is 4.42 Å². The predicted octanol–water partition coefficient (Wildman–Crippen LogP) is 3.64. The minimum atomic E-state index is -0.0577. The highest BCUT2D eigenvalue weighted by Crippen LogP contribution is 2.26.